The first-order valence-corrected chi connectivity index (χ1v) is 8.01. The highest BCUT2D eigenvalue weighted by Crippen LogP contribution is 2.32. The van der Waals surface area contributed by atoms with Crippen LogP contribution in [0.4, 0.5) is 5.82 Å². The zero-order valence-electron chi connectivity index (χ0n) is 15.2. The molecule has 2 aliphatic rings. The Hall–Kier alpha value is -1.85. The van der Waals surface area contributed by atoms with Crippen molar-refractivity contribution in [3.63, 3.8) is 0 Å². The number of aliphatic hydroxyl groups excluding tert-OH is 4. The van der Waals surface area contributed by atoms with Crippen molar-refractivity contribution in [2.75, 3.05) is 11.9 Å². The van der Waals surface area contributed by atoms with E-state index in [2.05, 4.69) is 20.3 Å². The second-order valence-electron chi connectivity index (χ2n) is 6.18. The SMILES string of the molecule is [3H]C1C[C@H](O)[C@@H](Nc2ncnc3c2ncn3[C@@H]2O[C@H](CO)[C@@H](O)[C@H]2O)C1[3H]. The van der Waals surface area contributed by atoms with Crippen LogP contribution >= 0.6 is 0 Å². The highest BCUT2D eigenvalue weighted by atomic mass is 16.6. The molecule has 3 heterocycles. The van der Waals surface area contributed by atoms with Gasteiger partial charge in [-0.2, -0.15) is 0 Å². The quantitative estimate of drug-likeness (QED) is 0.454. The largest absolute Gasteiger partial charge is 0.394 e. The monoisotopic (exact) mass is 355 g/mol. The lowest BCUT2D eigenvalue weighted by atomic mass is 10.1. The first-order valence-electron chi connectivity index (χ1n) is 9.17. The Kier molecular flexibility index (Phi) is 3.71. The molecular formula is C15H21N5O5. The van der Waals surface area contributed by atoms with Gasteiger partial charge in [0, 0.05) is 2.74 Å². The molecule has 8 atom stereocenters. The molecule has 10 heteroatoms. The minimum atomic E-state index is -1.27. The first kappa shape index (κ1) is 14.3. The number of nitrogens with one attached hydrogen (secondary N) is 1. The van der Waals surface area contributed by atoms with E-state index in [4.69, 9.17) is 7.48 Å². The zero-order valence-corrected chi connectivity index (χ0v) is 13.2. The van der Waals surface area contributed by atoms with Crippen LogP contribution in [-0.2, 0) is 4.74 Å². The molecule has 2 fully saturated rings. The summed E-state index contributed by atoms with van der Waals surface area (Å²) in [5.41, 5.74) is 0.654. The third kappa shape index (κ3) is 2.75. The van der Waals surface area contributed by atoms with Gasteiger partial charge in [0.15, 0.2) is 23.2 Å². The van der Waals surface area contributed by atoms with Crippen molar-refractivity contribution in [3.8, 4) is 0 Å². The van der Waals surface area contributed by atoms with Crippen LogP contribution < -0.4 is 5.32 Å². The van der Waals surface area contributed by atoms with Crippen molar-refractivity contribution >= 4 is 17.0 Å². The van der Waals surface area contributed by atoms with Gasteiger partial charge in [0.05, 0.1) is 25.1 Å². The summed E-state index contributed by atoms with van der Waals surface area (Å²) in [6, 6.07) is -0.662. The van der Waals surface area contributed by atoms with Crippen molar-refractivity contribution in [1.29, 1.82) is 0 Å². The summed E-state index contributed by atoms with van der Waals surface area (Å²) in [4.78, 5) is 12.5. The van der Waals surface area contributed by atoms with E-state index in [1.807, 2.05) is 0 Å². The number of ether oxygens (including phenoxy) is 1. The third-order valence-electron chi connectivity index (χ3n) is 4.59. The number of aliphatic hydroxyl groups is 4. The molecule has 0 bridgehead atoms. The summed E-state index contributed by atoms with van der Waals surface area (Å²) in [5, 5.41) is 42.5. The lowest BCUT2D eigenvalue weighted by Gasteiger charge is -2.18. The van der Waals surface area contributed by atoms with Crippen molar-refractivity contribution in [3.05, 3.63) is 12.7 Å². The Bertz CT molecular complexity index is 825. The first-order chi connectivity index (χ1) is 12.9. The van der Waals surface area contributed by atoms with Crippen LogP contribution in [0.1, 0.15) is 28.2 Å². The van der Waals surface area contributed by atoms with E-state index < -0.39 is 56.1 Å². The van der Waals surface area contributed by atoms with Crippen molar-refractivity contribution in [2.45, 2.75) is 55.9 Å². The van der Waals surface area contributed by atoms with Crippen molar-refractivity contribution in [2.24, 2.45) is 0 Å². The number of hydrogen-bond donors (Lipinski definition) is 5. The van der Waals surface area contributed by atoms with E-state index in [9.17, 15) is 20.4 Å². The summed E-state index contributed by atoms with van der Waals surface area (Å²) in [7, 11) is 0. The van der Waals surface area contributed by atoms with Crippen LogP contribution in [0.15, 0.2) is 12.7 Å². The van der Waals surface area contributed by atoms with E-state index in [0.29, 0.717) is 17.0 Å². The fourth-order valence-corrected chi connectivity index (χ4v) is 3.20. The molecule has 25 heavy (non-hydrogen) atoms. The van der Waals surface area contributed by atoms with Crippen LogP contribution in [0.2, 0.25) is 0 Å². The van der Waals surface area contributed by atoms with Gasteiger partial charge in [0.25, 0.3) is 0 Å². The average molecular weight is 355 g/mol. The average Bonchev–Trinajstić information content (AvgIpc) is 3.27. The van der Waals surface area contributed by atoms with E-state index in [1.54, 1.807) is 0 Å². The predicted molar refractivity (Wildman–Crippen MR) is 85.6 cm³/mol. The molecule has 1 aliphatic carbocycles. The van der Waals surface area contributed by atoms with Gasteiger partial charge in [-0.3, -0.25) is 4.57 Å². The number of imidazole rings is 1. The molecule has 2 unspecified atom stereocenters. The minimum Gasteiger partial charge on any atom is -0.394 e. The maximum atomic E-state index is 10.2. The Morgan fingerprint density at radius 1 is 1.28 bits per heavy atom. The number of hydrogen-bond acceptors (Lipinski definition) is 9. The van der Waals surface area contributed by atoms with Gasteiger partial charge in [-0.1, -0.05) is 0 Å². The van der Waals surface area contributed by atoms with Gasteiger partial charge in [-0.15, -0.1) is 0 Å². The molecule has 1 saturated heterocycles. The highest BCUT2D eigenvalue weighted by Gasteiger charge is 2.44. The molecule has 1 saturated carbocycles. The normalized spacial score (nSPS) is 42.6. The predicted octanol–water partition coefficient (Wildman–Crippen LogP) is -1.24. The van der Waals surface area contributed by atoms with Crippen LogP contribution in [-0.4, -0.2) is 77.0 Å². The molecule has 10 nitrogen and oxygen atoms in total. The molecule has 1 aliphatic heterocycles. The Labute approximate surface area is 145 Å². The molecule has 2 aromatic heterocycles. The van der Waals surface area contributed by atoms with Gasteiger partial charge in [0.1, 0.15) is 24.6 Å². The third-order valence-corrected chi connectivity index (χ3v) is 4.59. The van der Waals surface area contributed by atoms with Crippen molar-refractivity contribution < 1.29 is 27.9 Å². The lowest BCUT2D eigenvalue weighted by molar-refractivity contribution is -0.0511. The Morgan fingerprint density at radius 2 is 2.12 bits per heavy atom. The zero-order chi connectivity index (χ0) is 19.3. The fourth-order valence-electron chi connectivity index (χ4n) is 3.20. The molecule has 4 rings (SSSR count). The second-order valence-corrected chi connectivity index (χ2v) is 6.18. The van der Waals surface area contributed by atoms with Gasteiger partial charge in [0.2, 0.25) is 0 Å². The Morgan fingerprint density at radius 3 is 2.80 bits per heavy atom. The molecule has 0 amide bonds. The number of anilines is 1. The number of aromatic nitrogens is 4. The van der Waals surface area contributed by atoms with Crippen LogP contribution in [0.5, 0.6) is 0 Å². The molecular weight excluding hydrogens is 330 g/mol. The molecule has 2 aromatic rings. The van der Waals surface area contributed by atoms with Crippen LogP contribution in [0.3, 0.4) is 0 Å². The summed E-state index contributed by atoms with van der Waals surface area (Å²) in [5.74, 6) is 0.292. The fraction of sp³-hybridized carbons (Fsp3) is 0.667. The molecule has 0 aromatic carbocycles. The van der Waals surface area contributed by atoms with Crippen LogP contribution in [0, 0.1) is 0 Å². The van der Waals surface area contributed by atoms with E-state index >= 15 is 0 Å². The van der Waals surface area contributed by atoms with Gasteiger partial charge >= 0.3 is 0 Å². The second kappa shape index (κ2) is 6.46. The smallest absolute Gasteiger partial charge is 0.167 e. The summed E-state index contributed by atoms with van der Waals surface area (Å²) >= 11 is 0. The topological polar surface area (TPSA) is 146 Å². The standard InChI is InChI=1S/C15H21N5O5/c21-4-9-11(23)12(24)15(25-9)20-6-18-10-13(16-5-17-14(10)20)19-7-2-1-3-8(7)22/h5-9,11-12,15,21-24H,1-4H2,(H,16,17,19)/t7-,8-,9+,11+,12+,15+/m0/s1/i1T,2T/t1?,2?,7-,8-,9+,11+,12+,15+. The van der Waals surface area contributed by atoms with Gasteiger partial charge in [-0.05, 0) is 19.2 Å². The van der Waals surface area contributed by atoms with E-state index in [-0.39, 0.29) is 6.42 Å². The minimum absolute atomic E-state index is 0.205. The molecule has 5 N–H and O–H groups in total. The molecule has 136 valence electrons. The molecule has 0 radical (unpaired) electrons. The maximum absolute atomic E-state index is 10.2. The number of nitrogens with zero attached hydrogens (tertiary/aromatic N) is 4. The van der Waals surface area contributed by atoms with Gasteiger partial charge in [-0.25, -0.2) is 15.0 Å². The highest BCUT2D eigenvalue weighted by molar-refractivity contribution is 5.82. The summed E-state index contributed by atoms with van der Waals surface area (Å²) in [6.45, 7) is -0.443. The summed E-state index contributed by atoms with van der Waals surface area (Å²) in [6.07, 6.45) is -3.92. The number of rotatable bonds is 4. The molecule has 0 spiro atoms. The van der Waals surface area contributed by atoms with Gasteiger partial charge < -0.3 is 30.5 Å². The van der Waals surface area contributed by atoms with Crippen LogP contribution in [0.25, 0.3) is 11.2 Å². The number of fused-ring (bicyclic) bond motifs is 1. The van der Waals surface area contributed by atoms with E-state index in [1.165, 1.54) is 17.2 Å². The summed E-state index contributed by atoms with van der Waals surface area (Å²) < 4.78 is 22.8. The lowest BCUT2D eigenvalue weighted by Crippen LogP contribution is -2.33. The van der Waals surface area contributed by atoms with Crippen molar-refractivity contribution in [1.82, 2.24) is 19.5 Å². The van der Waals surface area contributed by atoms with E-state index in [0.717, 1.165) is 0 Å². The maximum Gasteiger partial charge on any atom is 0.167 e. The Balaban J connectivity index is 1.65.